The molecule has 11 heteroatoms. The van der Waals surface area contributed by atoms with E-state index in [1.54, 1.807) is 18.2 Å². The maximum absolute atomic E-state index is 15.0. The van der Waals surface area contributed by atoms with Crippen molar-refractivity contribution in [2.45, 2.75) is 0 Å². The molecule has 35 heavy (non-hydrogen) atoms. The number of carbonyl (C=O) groups is 4. The third kappa shape index (κ3) is 4.02. The van der Waals surface area contributed by atoms with Gasteiger partial charge in [-0.2, -0.15) is 0 Å². The number of rotatable bonds is 2. The van der Waals surface area contributed by atoms with Gasteiger partial charge in [-0.15, -0.1) is 0 Å². The fraction of sp³-hybridized carbons (Fsp3) is 0.167. The van der Waals surface area contributed by atoms with Crippen molar-refractivity contribution >= 4 is 81.2 Å². The Hall–Kier alpha value is -3.83. The Morgan fingerprint density at radius 3 is 1.60 bits per heavy atom. The number of nitrogens with zero attached hydrogens (tertiary/aromatic N) is 4. The molecular formula is C24H19FN4O4S2. The maximum atomic E-state index is 15.0. The molecule has 2 aliphatic rings. The quantitative estimate of drug-likeness (QED) is 0.350. The first-order valence-corrected chi connectivity index (χ1v) is 11.1. The van der Waals surface area contributed by atoms with E-state index in [0.29, 0.717) is 16.3 Å². The SMILES string of the molecule is CN1C(=O)C(=Cc2ccc3cc(C=C4C(=O)N(C)C(=S)N(C)C4=O)c(F)cc3c2)C(=O)N(C)C1=S. The predicted octanol–water partition coefficient (Wildman–Crippen LogP) is 2.18. The van der Waals surface area contributed by atoms with Crippen molar-refractivity contribution in [1.82, 2.24) is 19.6 Å². The van der Waals surface area contributed by atoms with Crippen LogP contribution in [0.5, 0.6) is 0 Å². The first kappa shape index (κ1) is 24.3. The van der Waals surface area contributed by atoms with Gasteiger partial charge in [0.05, 0.1) is 0 Å². The molecule has 0 spiro atoms. The molecule has 2 fully saturated rings. The second-order valence-electron chi connectivity index (χ2n) is 8.12. The molecule has 0 aromatic heterocycles. The van der Waals surface area contributed by atoms with E-state index < -0.39 is 29.4 Å². The van der Waals surface area contributed by atoms with Gasteiger partial charge in [-0.3, -0.25) is 38.8 Å². The third-order valence-corrected chi connectivity index (χ3v) is 6.97. The molecule has 4 rings (SSSR count). The zero-order chi connectivity index (χ0) is 25.8. The predicted molar refractivity (Wildman–Crippen MR) is 136 cm³/mol. The molecule has 4 amide bonds. The normalized spacial score (nSPS) is 17.3. The van der Waals surface area contributed by atoms with E-state index in [1.807, 2.05) is 0 Å². The summed E-state index contributed by atoms with van der Waals surface area (Å²) in [6.45, 7) is 0. The summed E-state index contributed by atoms with van der Waals surface area (Å²) in [7, 11) is 5.86. The molecule has 8 nitrogen and oxygen atoms in total. The number of carbonyl (C=O) groups excluding carboxylic acids is 4. The van der Waals surface area contributed by atoms with Gasteiger partial charge in [0.25, 0.3) is 23.6 Å². The van der Waals surface area contributed by atoms with E-state index in [-0.39, 0.29) is 26.9 Å². The number of amides is 4. The molecule has 2 aliphatic heterocycles. The third-order valence-electron chi connectivity index (χ3n) is 5.88. The lowest BCUT2D eigenvalue weighted by Gasteiger charge is -2.31. The largest absolute Gasteiger partial charge is 0.288 e. The Balaban J connectivity index is 1.73. The molecule has 2 aromatic carbocycles. The second kappa shape index (κ2) is 8.75. The molecule has 0 unspecified atom stereocenters. The minimum absolute atomic E-state index is 0.0596. The van der Waals surface area contributed by atoms with Crippen LogP contribution in [0.15, 0.2) is 41.5 Å². The summed E-state index contributed by atoms with van der Waals surface area (Å²) in [6.07, 6.45) is 2.64. The zero-order valence-electron chi connectivity index (χ0n) is 19.2. The van der Waals surface area contributed by atoms with E-state index in [0.717, 1.165) is 9.80 Å². The van der Waals surface area contributed by atoms with Crippen LogP contribution in [0, 0.1) is 5.82 Å². The second-order valence-corrected chi connectivity index (χ2v) is 8.85. The number of hydrogen-bond donors (Lipinski definition) is 0. The number of thiocarbonyl (C=S) groups is 2. The standard InChI is InChI=1S/C24H19FN4O4S2/c1-26-19(30)16(20(31)27(2)23(26)34)8-12-5-6-13-9-15(18(25)11-14(13)7-12)10-17-21(32)28(3)24(35)29(4)22(17)33/h5-11H,1-4H3. The highest BCUT2D eigenvalue weighted by molar-refractivity contribution is 7.80. The van der Waals surface area contributed by atoms with Crippen molar-refractivity contribution in [3.05, 3.63) is 58.4 Å². The Kier molecular flexibility index (Phi) is 6.07. The summed E-state index contributed by atoms with van der Waals surface area (Å²) in [6, 6.07) is 7.77. The topological polar surface area (TPSA) is 81.2 Å². The summed E-state index contributed by atoms with van der Waals surface area (Å²) in [4.78, 5) is 54.9. The van der Waals surface area contributed by atoms with Crippen LogP contribution >= 0.6 is 24.4 Å². The van der Waals surface area contributed by atoms with Crippen LogP contribution in [0.3, 0.4) is 0 Å². The van der Waals surface area contributed by atoms with Crippen molar-refractivity contribution in [3.63, 3.8) is 0 Å². The first-order chi connectivity index (χ1) is 16.4. The van der Waals surface area contributed by atoms with Gasteiger partial charge in [0.2, 0.25) is 0 Å². The van der Waals surface area contributed by atoms with Gasteiger partial charge in [0.15, 0.2) is 10.2 Å². The Morgan fingerprint density at radius 1 is 0.657 bits per heavy atom. The number of fused-ring (bicyclic) bond motifs is 1. The number of hydrogen-bond acceptors (Lipinski definition) is 6. The van der Waals surface area contributed by atoms with E-state index >= 15 is 0 Å². The van der Waals surface area contributed by atoms with E-state index in [2.05, 4.69) is 0 Å². The van der Waals surface area contributed by atoms with Crippen LogP contribution in [-0.2, 0) is 19.2 Å². The van der Waals surface area contributed by atoms with Crippen molar-refractivity contribution in [2.75, 3.05) is 28.2 Å². The monoisotopic (exact) mass is 510 g/mol. The van der Waals surface area contributed by atoms with Crippen LogP contribution in [0.25, 0.3) is 22.9 Å². The van der Waals surface area contributed by atoms with Crippen molar-refractivity contribution in [2.24, 2.45) is 0 Å². The molecule has 0 N–H and O–H groups in total. The summed E-state index contributed by atoms with van der Waals surface area (Å²) < 4.78 is 15.0. The van der Waals surface area contributed by atoms with E-state index in [4.69, 9.17) is 24.4 Å². The number of halogens is 1. The lowest BCUT2D eigenvalue weighted by atomic mass is 9.99. The minimum atomic E-state index is -0.650. The summed E-state index contributed by atoms with van der Waals surface area (Å²) in [5.74, 6) is -2.93. The number of likely N-dealkylation sites (N-methyl/N-ethyl adjacent to an activating group) is 4. The molecule has 2 aromatic rings. The highest BCUT2D eigenvalue weighted by atomic mass is 32.1. The van der Waals surface area contributed by atoms with Crippen LogP contribution in [0.1, 0.15) is 11.1 Å². The maximum Gasteiger partial charge on any atom is 0.265 e. The van der Waals surface area contributed by atoms with Crippen LogP contribution in [0.4, 0.5) is 4.39 Å². The van der Waals surface area contributed by atoms with Gasteiger partial charge in [0.1, 0.15) is 17.0 Å². The smallest absolute Gasteiger partial charge is 0.265 e. The molecule has 0 saturated carbocycles. The summed E-state index contributed by atoms with van der Waals surface area (Å²) in [5, 5.41) is 1.30. The zero-order valence-corrected chi connectivity index (χ0v) is 20.8. The summed E-state index contributed by atoms with van der Waals surface area (Å²) >= 11 is 10.2. The van der Waals surface area contributed by atoms with Crippen LogP contribution in [0.2, 0.25) is 0 Å². The van der Waals surface area contributed by atoms with E-state index in [1.165, 1.54) is 62.3 Å². The Bertz CT molecular complexity index is 1400. The van der Waals surface area contributed by atoms with Gasteiger partial charge in [-0.05, 0) is 71.1 Å². The fourth-order valence-electron chi connectivity index (χ4n) is 3.78. The van der Waals surface area contributed by atoms with Gasteiger partial charge >= 0.3 is 0 Å². The molecule has 0 radical (unpaired) electrons. The molecule has 2 saturated heterocycles. The lowest BCUT2D eigenvalue weighted by Crippen LogP contribution is -2.52. The first-order valence-electron chi connectivity index (χ1n) is 10.3. The van der Waals surface area contributed by atoms with E-state index in [9.17, 15) is 23.6 Å². The molecule has 178 valence electrons. The molecule has 2 heterocycles. The van der Waals surface area contributed by atoms with Gasteiger partial charge < -0.3 is 0 Å². The average molecular weight is 511 g/mol. The Labute approximate surface area is 210 Å². The highest BCUT2D eigenvalue weighted by Crippen LogP contribution is 2.26. The average Bonchev–Trinajstić information content (AvgIpc) is 2.84. The Morgan fingerprint density at radius 2 is 1.11 bits per heavy atom. The lowest BCUT2D eigenvalue weighted by molar-refractivity contribution is -0.133. The molecular weight excluding hydrogens is 491 g/mol. The molecule has 0 aliphatic carbocycles. The van der Waals surface area contributed by atoms with Gasteiger partial charge in [-0.25, -0.2) is 4.39 Å². The van der Waals surface area contributed by atoms with Crippen molar-refractivity contribution < 1.29 is 23.6 Å². The fourth-order valence-corrected chi connectivity index (χ4v) is 4.11. The molecule has 0 bridgehead atoms. The van der Waals surface area contributed by atoms with Gasteiger partial charge in [-0.1, -0.05) is 12.1 Å². The summed E-state index contributed by atoms with van der Waals surface area (Å²) in [5.41, 5.74) is 0.307. The highest BCUT2D eigenvalue weighted by Gasteiger charge is 2.36. The van der Waals surface area contributed by atoms with Crippen LogP contribution in [-0.4, -0.2) is 81.6 Å². The molecule has 0 atom stereocenters. The van der Waals surface area contributed by atoms with Crippen LogP contribution < -0.4 is 0 Å². The van der Waals surface area contributed by atoms with Crippen molar-refractivity contribution in [3.8, 4) is 0 Å². The number of benzene rings is 2. The van der Waals surface area contributed by atoms with Crippen molar-refractivity contribution in [1.29, 1.82) is 0 Å². The van der Waals surface area contributed by atoms with Gasteiger partial charge in [0, 0.05) is 33.8 Å². The minimum Gasteiger partial charge on any atom is -0.288 e.